The van der Waals surface area contributed by atoms with Crippen LogP contribution in [0.4, 0.5) is 5.82 Å². The number of carbonyl (C=O) groups excluding carboxylic acids is 1. The Morgan fingerprint density at radius 3 is 2.57 bits per heavy atom. The maximum atomic E-state index is 12.5. The molecule has 0 spiro atoms. The van der Waals surface area contributed by atoms with Crippen LogP contribution in [-0.2, 0) is 4.79 Å². The highest BCUT2D eigenvalue weighted by atomic mass is 16.5. The molecule has 0 unspecified atom stereocenters. The van der Waals surface area contributed by atoms with E-state index in [-0.39, 0.29) is 11.8 Å². The first kappa shape index (κ1) is 17.9. The minimum Gasteiger partial charge on any atom is -0.497 e. The summed E-state index contributed by atoms with van der Waals surface area (Å²) in [5.41, 5.74) is 2.53. The van der Waals surface area contributed by atoms with Crippen LogP contribution in [0.3, 0.4) is 0 Å². The minimum atomic E-state index is -0.156. The first-order valence-corrected chi connectivity index (χ1v) is 8.88. The fourth-order valence-corrected chi connectivity index (χ4v) is 3.51. The van der Waals surface area contributed by atoms with Gasteiger partial charge in [-0.3, -0.25) is 9.36 Å². The highest BCUT2D eigenvalue weighted by molar-refractivity contribution is 5.94. The number of fused-ring (bicyclic) bond motifs is 1. The number of ether oxygens (including phenoxy) is 3. The van der Waals surface area contributed by atoms with Gasteiger partial charge < -0.3 is 19.5 Å². The highest BCUT2D eigenvalue weighted by Crippen LogP contribution is 2.40. The Hall–Kier alpha value is -3.48. The second kappa shape index (κ2) is 7.26. The maximum absolute atomic E-state index is 12.5. The summed E-state index contributed by atoms with van der Waals surface area (Å²) in [5.74, 6) is 2.50. The average molecular weight is 379 g/mol. The van der Waals surface area contributed by atoms with Crippen molar-refractivity contribution in [3.8, 4) is 22.9 Å². The van der Waals surface area contributed by atoms with Crippen LogP contribution in [0.5, 0.6) is 17.2 Å². The van der Waals surface area contributed by atoms with Gasteiger partial charge in [0.25, 0.3) is 0 Å². The van der Waals surface area contributed by atoms with Crippen LogP contribution in [-0.4, -0.2) is 36.8 Å². The molecule has 28 heavy (non-hydrogen) atoms. The number of amides is 1. The van der Waals surface area contributed by atoms with Gasteiger partial charge in [0.1, 0.15) is 29.4 Å². The highest BCUT2D eigenvalue weighted by Gasteiger charge is 2.31. The molecule has 1 atom stereocenters. The van der Waals surface area contributed by atoms with Gasteiger partial charge in [-0.2, -0.15) is 0 Å². The largest absolute Gasteiger partial charge is 0.497 e. The molecule has 0 fully saturated rings. The summed E-state index contributed by atoms with van der Waals surface area (Å²) in [6, 6.07) is 13.2. The van der Waals surface area contributed by atoms with Gasteiger partial charge in [0.2, 0.25) is 5.91 Å². The molecule has 1 N–H and O–H groups in total. The monoisotopic (exact) mass is 379 g/mol. The molecule has 0 saturated carbocycles. The molecule has 0 saturated heterocycles. The van der Waals surface area contributed by atoms with Crippen molar-refractivity contribution in [2.24, 2.45) is 0 Å². The molecule has 2 heterocycles. The Balaban J connectivity index is 1.83. The van der Waals surface area contributed by atoms with Crippen molar-refractivity contribution in [2.75, 3.05) is 26.6 Å². The van der Waals surface area contributed by atoms with Gasteiger partial charge >= 0.3 is 0 Å². The predicted molar refractivity (Wildman–Crippen MR) is 105 cm³/mol. The van der Waals surface area contributed by atoms with E-state index < -0.39 is 0 Å². The third-order valence-corrected chi connectivity index (χ3v) is 4.91. The van der Waals surface area contributed by atoms with Crippen molar-refractivity contribution >= 4 is 11.7 Å². The third-order valence-electron chi connectivity index (χ3n) is 4.91. The number of nitrogens with zero attached hydrogens (tertiary/aromatic N) is 2. The zero-order valence-electron chi connectivity index (χ0n) is 15.9. The summed E-state index contributed by atoms with van der Waals surface area (Å²) in [5, 5.41) is 2.96. The third kappa shape index (κ3) is 3.05. The van der Waals surface area contributed by atoms with Crippen LogP contribution >= 0.6 is 0 Å². The van der Waals surface area contributed by atoms with Crippen LogP contribution in [0.25, 0.3) is 5.69 Å². The van der Waals surface area contributed by atoms with E-state index in [2.05, 4.69) is 10.3 Å². The first-order valence-electron chi connectivity index (χ1n) is 8.88. The number of methoxy groups -OCH3 is 3. The van der Waals surface area contributed by atoms with Gasteiger partial charge in [0, 0.05) is 18.4 Å². The van der Waals surface area contributed by atoms with Crippen molar-refractivity contribution in [2.45, 2.75) is 12.3 Å². The van der Waals surface area contributed by atoms with Gasteiger partial charge in [0.15, 0.2) is 0 Å². The molecule has 1 aliphatic heterocycles. The molecule has 3 aromatic rings. The fraction of sp³-hybridized carbons (Fsp3) is 0.238. The normalized spacial score (nSPS) is 15.5. The summed E-state index contributed by atoms with van der Waals surface area (Å²) < 4.78 is 18.0. The fourth-order valence-electron chi connectivity index (χ4n) is 3.51. The smallest absolute Gasteiger partial charge is 0.226 e. The van der Waals surface area contributed by atoms with Crippen molar-refractivity contribution < 1.29 is 19.0 Å². The lowest BCUT2D eigenvalue weighted by atomic mass is 9.89. The Kier molecular flexibility index (Phi) is 4.65. The van der Waals surface area contributed by atoms with Gasteiger partial charge in [0.05, 0.1) is 32.7 Å². The quantitative estimate of drug-likeness (QED) is 0.736. The van der Waals surface area contributed by atoms with E-state index in [9.17, 15) is 4.79 Å². The Bertz CT molecular complexity index is 1030. The number of nitrogens with one attached hydrogen (secondary N) is 1. The lowest BCUT2D eigenvalue weighted by Crippen LogP contribution is -2.25. The van der Waals surface area contributed by atoms with Crippen molar-refractivity contribution in [3.05, 3.63) is 60.0 Å². The molecule has 0 radical (unpaired) electrons. The van der Waals surface area contributed by atoms with E-state index in [4.69, 9.17) is 14.2 Å². The average Bonchev–Trinajstić information content (AvgIpc) is 3.16. The molecule has 1 aromatic heterocycles. The predicted octanol–water partition coefficient (Wildman–Crippen LogP) is 3.37. The number of aromatic nitrogens is 2. The van der Waals surface area contributed by atoms with Crippen LogP contribution in [0.1, 0.15) is 23.6 Å². The number of hydrogen-bond acceptors (Lipinski definition) is 5. The second-order valence-electron chi connectivity index (χ2n) is 6.47. The Morgan fingerprint density at radius 1 is 1.04 bits per heavy atom. The van der Waals surface area contributed by atoms with E-state index in [1.54, 1.807) is 27.7 Å². The molecule has 4 rings (SSSR count). The van der Waals surface area contributed by atoms with E-state index in [1.165, 1.54) is 0 Å². The number of anilines is 1. The molecule has 7 heteroatoms. The topological polar surface area (TPSA) is 74.6 Å². The van der Waals surface area contributed by atoms with Crippen LogP contribution in [0.2, 0.25) is 0 Å². The molecular weight excluding hydrogens is 358 g/mol. The van der Waals surface area contributed by atoms with E-state index in [0.29, 0.717) is 23.7 Å². The number of carbonyl (C=O) groups is 1. The number of rotatable bonds is 5. The lowest BCUT2D eigenvalue weighted by molar-refractivity contribution is -0.116. The standard InChI is InChI=1S/C21H21N3O4/c1-26-14-6-4-5-13(9-14)16-11-19(25)23-21-20(16)22-12-24(21)17-10-15(27-2)7-8-18(17)28-3/h4-10,12,16H,11H2,1-3H3,(H,23,25)/t16-/m1/s1. The number of hydrogen-bond donors (Lipinski definition) is 1. The summed E-state index contributed by atoms with van der Waals surface area (Å²) in [4.78, 5) is 17.1. The van der Waals surface area contributed by atoms with Crippen molar-refractivity contribution in [1.29, 1.82) is 0 Å². The molecule has 7 nitrogen and oxygen atoms in total. The second-order valence-corrected chi connectivity index (χ2v) is 6.47. The first-order chi connectivity index (χ1) is 13.6. The van der Waals surface area contributed by atoms with E-state index >= 15 is 0 Å². The minimum absolute atomic E-state index is 0.0658. The molecule has 0 aliphatic carbocycles. The SMILES string of the molecule is COc1cccc([C@H]2CC(=O)Nc3c2ncn3-c2cc(OC)ccc2OC)c1. The van der Waals surface area contributed by atoms with Gasteiger partial charge in [-0.1, -0.05) is 12.1 Å². The van der Waals surface area contributed by atoms with E-state index in [0.717, 1.165) is 22.7 Å². The van der Waals surface area contributed by atoms with Gasteiger partial charge in [-0.25, -0.2) is 4.98 Å². The van der Waals surface area contributed by atoms with Gasteiger partial charge in [-0.15, -0.1) is 0 Å². The summed E-state index contributed by atoms with van der Waals surface area (Å²) in [6.07, 6.45) is 2.02. The van der Waals surface area contributed by atoms with Crippen LogP contribution in [0.15, 0.2) is 48.8 Å². The molecule has 1 amide bonds. The number of imidazole rings is 1. The van der Waals surface area contributed by atoms with E-state index in [1.807, 2.05) is 47.0 Å². The Morgan fingerprint density at radius 2 is 1.82 bits per heavy atom. The zero-order chi connectivity index (χ0) is 19.7. The van der Waals surface area contributed by atoms with Crippen molar-refractivity contribution in [3.63, 3.8) is 0 Å². The van der Waals surface area contributed by atoms with Crippen molar-refractivity contribution in [1.82, 2.24) is 9.55 Å². The molecule has 2 aromatic carbocycles. The van der Waals surface area contributed by atoms with Gasteiger partial charge in [-0.05, 0) is 29.8 Å². The summed E-state index contributed by atoms with van der Waals surface area (Å²) in [7, 11) is 4.84. The molecule has 0 bridgehead atoms. The summed E-state index contributed by atoms with van der Waals surface area (Å²) >= 11 is 0. The summed E-state index contributed by atoms with van der Waals surface area (Å²) in [6.45, 7) is 0. The van der Waals surface area contributed by atoms with Crippen LogP contribution in [0, 0.1) is 0 Å². The lowest BCUT2D eigenvalue weighted by Gasteiger charge is -2.24. The zero-order valence-corrected chi connectivity index (χ0v) is 15.9. The molecule has 1 aliphatic rings. The maximum Gasteiger partial charge on any atom is 0.226 e. The van der Waals surface area contributed by atoms with Crippen LogP contribution < -0.4 is 19.5 Å². The molecular formula is C21H21N3O4. The molecule has 144 valence electrons. The Labute approximate surface area is 162 Å². The number of benzene rings is 2.